The number of carbonyl (C=O) groups is 1. The van der Waals surface area contributed by atoms with Crippen molar-refractivity contribution in [3.63, 3.8) is 0 Å². The zero-order chi connectivity index (χ0) is 13.0. The smallest absolute Gasteiger partial charge is 0.215 e. The molecule has 0 N–H and O–H groups in total. The lowest BCUT2D eigenvalue weighted by Crippen LogP contribution is -2.09. The molecule has 1 aromatic heterocycles. The molecule has 0 fully saturated rings. The molecule has 0 saturated carbocycles. The summed E-state index contributed by atoms with van der Waals surface area (Å²) in [4.78, 5) is 15.1. The van der Waals surface area contributed by atoms with Crippen LogP contribution in [-0.4, -0.2) is 11.3 Å². The molecule has 0 radical (unpaired) electrons. The van der Waals surface area contributed by atoms with Gasteiger partial charge in [-0.25, -0.2) is 9.37 Å². The number of hydrogen-bond donors (Lipinski definition) is 0. The van der Waals surface area contributed by atoms with E-state index in [-0.39, 0.29) is 5.82 Å². The van der Waals surface area contributed by atoms with Crippen LogP contribution in [0, 0.1) is 5.82 Å². The maximum atomic E-state index is 12.8. The summed E-state index contributed by atoms with van der Waals surface area (Å²) >= 11 is 3.21. The van der Waals surface area contributed by atoms with Gasteiger partial charge in [-0.15, -0.1) is 0 Å². The number of benzene rings is 1. The molecule has 1 unspecified atom stereocenters. The van der Waals surface area contributed by atoms with E-state index in [9.17, 15) is 9.18 Å². The lowest BCUT2D eigenvalue weighted by molar-refractivity contribution is -0.114. The minimum Gasteiger partial charge on any atom is -0.462 e. The zero-order valence-electron chi connectivity index (χ0n) is 9.22. The Morgan fingerprint density at radius 1 is 1.22 bits per heavy atom. The van der Waals surface area contributed by atoms with E-state index in [0.717, 1.165) is 0 Å². The molecule has 92 valence electrons. The van der Waals surface area contributed by atoms with Gasteiger partial charge in [-0.3, -0.25) is 4.79 Å². The molecule has 1 aromatic carbocycles. The summed E-state index contributed by atoms with van der Waals surface area (Å²) in [7, 11) is 0. The van der Waals surface area contributed by atoms with Gasteiger partial charge in [-0.1, -0.05) is 18.2 Å². The molecule has 18 heavy (non-hydrogen) atoms. The first kappa shape index (κ1) is 12.7. The van der Waals surface area contributed by atoms with Crippen LogP contribution in [0.4, 0.5) is 4.39 Å². The first-order valence-corrected chi connectivity index (χ1v) is 5.98. The number of pyridine rings is 1. The largest absolute Gasteiger partial charge is 0.462 e. The number of aldehydes is 1. The molecule has 1 atom stereocenters. The number of nitrogens with zero attached hydrogens (tertiary/aromatic N) is 1. The Balaban J connectivity index is 2.19. The van der Waals surface area contributed by atoms with Crippen molar-refractivity contribution in [1.29, 1.82) is 0 Å². The second kappa shape index (κ2) is 5.73. The van der Waals surface area contributed by atoms with Crippen LogP contribution in [0.3, 0.4) is 0 Å². The van der Waals surface area contributed by atoms with E-state index < -0.39 is 6.10 Å². The zero-order valence-corrected chi connectivity index (χ0v) is 10.8. The van der Waals surface area contributed by atoms with E-state index in [1.165, 1.54) is 24.3 Å². The highest BCUT2D eigenvalue weighted by Gasteiger charge is 2.13. The predicted octanol–water partition coefficient (Wildman–Crippen LogP) is 3.30. The van der Waals surface area contributed by atoms with E-state index >= 15 is 0 Å². The van der Waals surface area contributed by atoms with Crippen molar-refractivity contribution in [2.45, 2.75) is 6.10 Å². The normalized spacial score (nSPS) is 11.9. The number of aromatic nitrogens is 1. The maximum absolute atomic E-state index is 12.8. The van der Waals surface area contributed by atoms with Crippen LogP contribution < -0.4 is 4.74 Å². The standard InChI is InChI=1S/C13H9BrFNO2/c14-12-2-1-3-13(16-12)18-11(8-17)9-4-6-10(15)7-5-9/h1-8,11H. The van der Waals surface area contributed by atoms with Gasteiger partial charge in [-0.05, 0) is 39.7 Å². The van der Waals surface area contributed by atoms with Crippen LogP contribution in [0.25, 0.3) is 0 Å². The number of halogens is 2. The summed E-state index contributed by atoms with van der Waals surface area (Å²) in [5.41, 5.74) is 0.577. The number of carbonyl (C=O) groups excluding carboxylic acids is 1. The molecule has 0 aliphatic carbocycles. The lowest BCUT2D eigenvalue weighted by Gasteiger charge is -2.13. The van der Waals surface area contributed by atoms with Gasteiger partial charge in [0.1, 0.15) is 10.4 Å². The third-order valence-corrected chi connectivity index (χ3v) is 2.70. The van der Waals surface area contributed by atoms with E-state index in [1.54, 1.807) is 18.2 Å². The van der Waals surface area contributed by atoms with Crippen LogP contribution in [0.15, 0.2) is 47.1 Å². The molecular weight excluding hydrogens is 301 g/mol. The van der Waals surface area contributed by atoms with Crippen LogP contribution in [0.5, 0.6) is 5.88 Å². The Morgan fingerprint density at radius 2 is 1.94 bits per heavy atom. The maximum Gasteiger partial charge on any atom is 0.215 e. The van der Waals surface area contributed by atoms with Crippen molar-refractivity contribution < 1.29 is 13.9 Å². The Hall–Kier alpha value is -1.75. The van der Waals surface area contributed by atoms with E-state index in [0.29, 0.717) is 22.3 Å². The van der Waals surface area contributed by atoms with Gasteiger partial charge in [0, 0.05) is 6.07 Å². The molecule has 5 heteroatoms. The molecule has 0 aliphatic heterocycles. The molecule has 0 amide bonds. The van der Waals surface area contributed by atoms with Gasteiger partial charge in [0.2, 0.25) is 5.88 Å². The van der Waals surface area contributed by atoms with Crippen molar-refractivity contribution >= 4 is 22.2 Å². The van der Waals surface area contributed by atoms with Gasteiger partial charge < -0.3 is 4.74 Å². The quantitative estimate of drug-likeness (QED) is 0.642. The minimum absolute atomic E-state index is 0.325. The van der Waals surface area contributed by atoms with Crippen molar-refractivity contribution in [2.24, 2.45) is 0 Å². The van der Waals surface area contributed by atoms with Crippen molar-refractivity contribution in [3.8, 4) is 5.88 Å². The monoisotopic (exact) mass is 309 g/mol. The molecule has 0 saturated heterocycles. The molecule has 0 bridgehead atoms. The SMILES string of the molecule is O=CC(Oc1cccc(Br)n1)c1ccc(F)cc1. The van der Waals surface area contributed by atoms with E-state index in [2.05, 4.69) is 20.9 Å². The molecule has 2 rings (SSSR count). The average molecular weight is 310 g/mol. The molecular formula is C13H9BrFNO2. The third kappa shape index (κ3) is 3.13. The predicted molar refractivity (Wildman–Crippen MR) is 67.8 cm³/mol. The van der Waals surface area contributed by atoms with Crippen LogP contribution in [0.1, 0.15) is 11.7 Å². The third-order valence-electron chi connectivity index (χ3n) is 2.26. The summed E-state index contributed by atoms with van der Waals surface area (Å²) in [5.74, 6) is -0.0326. The van der Waals surface area contributed by atoms with Crippen LogP contribution >= 0.6 is 15.9 Å². The fraction of sp³-hybridized carbons (Fsp3) is 0.0769. The van der Waals surface area contributed by atoms with E-state index in [1.807, 2.05) is 0 Å². The highest BCUT2D eigenvalue weighted by Crippen LogP contribution is 2.20. The summed E-state index contributed by atoms with van der Waals surface area (Å²) in [6, 6.07) is 10.7. The first-order chi connectivity index (χ1) is 8.69. The van der Waals surface area contributed by atoms with Gasteiger partial charge in [-0.2, -0.15) is 0 Å². The minimum atomic E-state index is -0.799. The Morgan fingerprint density at radius 3 is 2.56 bits per heavy atom. The molecule has 1 heterocycles. The van der Waals surface area contributed by atoms with Crippen molar-refractivity contribution in [1.82, 2.24) is 4.98 Å². The van der Waals surface area contributed by atoms with Crippen molar-refractivity contribution in [2.75, 3.05) is 0 Å². The number of hydrogen-bond acceptors (Lipinski definition) is 3. The van der Waals surface area contributed by atoms with Gasteiger partial charge in [0.25, 0.3) is 0 Å². The summed E-state index contributed by atoms with van der Waals surface area (Å²) in [6.45, 7) is 0. The van der Waals surface area contributed by atoms with Crippen LogP contribution in [0.2, 0.25) is 0 Å². The van der Waals surface area contributed by atoms with Crippen molar-refractivity contribution in [3.05, 3.63) is 58.4 Å². The Labute approximate surface area is 112 Å². The molecule has 0 spiro atoms. The summed E-state index contributed by atoms with van der Waals surface area (Å²) < 4.78 is 18.8. The fourth-order valence-corrected chi connectivity index (χ4v) is 1.74. The van der Waals surface area contributed by atoms with Gasteiger partial charge in [0.05, 0.1) is 0 Å². The number of ether oxygens (including phenoxy) is 1. The average Bonchev–Trinajstić information content (AvgIpc) is 2.37. The highest BCUT2D eigenvalue weighted by atomic mass is 79.9. The number of rotatable bonds is 4. The summed E-state index contributed by atoms with van der Waals surface area (Å²) in [6.07, 6.45) is -0.150. The second-order valence-electron chi connectivity index (χ2n) is 3.52. The second-order valence-corrected chi connectivity index (χ2v) is 4.34. The summed E-state index contributed by atoms with van der Waals surface area (Å²) in [5, 5.41) is 0. The first-order valence-electron chi connectivity index (χ1n) is 5.19. The fourth-order valence-electron chi connectivity index (χ4n) is 1.41. The lowest BCUT2D eigenvalue weighted by atomic mass is 10.1. The van der Waals surface area contributed by atoms with Gasteiger partial charge >= 0.3 is 0 Å². The topological polar surface area (TPSA) is 39.2 Å². The molecule has 2 aromatic rings. The van der Waals surface area contributed by atoms with E-state index in [4.69, 9.17) is 4.74 Å². The van der Waals surface area contributed by atoms with Gasteiger partial charge in [0.15, 0.2) is 12.4 Å². The molecule has 3 nitrogen and oxygen atoms in total. The van der Waals surface area contributed by atoms with Crippen LogP contribution in [-0.2, 0) is 4.79 Å². The molecule has 0 aliphatic rings. The Kier molecular flexibility index (Phi) is 4.04. The Bertz CT molecular complexity index is 545. The highest BCUT2D eigenvalue weighted by molar-refractivity contribution is 9.10.